The lowest BCUT2D eigenvalue weighted by atomic mass is 10.2. The Kier molecular flexibility index (Phi) is 12.2. The second-order valence-corrected chi connectivity index (χ2v) is 6.55. The van der Waals surface area contributed by atoms with Crippen molar-refractivity contribution < 1.29 is 9.47 Å². The molecule has 2 aliphatic rings. The van der Waals surface area contributed by atoms with Gasteiger partial charge in [-0.3, -0.25) is 9.80 Å². The van der Waals surface area contributed by atoms with Crippen LogP contribution < -0.4 is 0 Å². The van der Waals surface area contributed by atoms with Crippen LogP contribution in [0, 0.1) is 0 Å². The highest BCUT2D eigenvalue weighted by atomic mass is 16.5. The van der Waals surface area contributed by atoms with E-state index in [1.54, 1.807) is 0 Å². The summed E-state index contributed by atoms with van der Waals surface area (Å²) in [6.45, 7) is 23.4. The van der Waals surface area contributed by atoms with Gasteiger partial charge in [0, 0.05) is 38.3 Å². The Morgan fingerprint density at radius 3 is 1.50 bits per heavy atom. The van der Waals surface area contributed by atoms with Gasteiger partial charge in [-0.05, 0) is 41.5 Å². The highest BCUT2D eigenvalue weighted by Gasteiger charge is 2.23. The molecule has 0 bridgehead atoms. The normalized spacial score (nSPS) is 27.0. The van der Waals surface area contributed by atoms with Crippen LogP contribution in [0.15, 0.2) is 0 Å². The van der Waals surface area contributed by atoms with Crippen molar-refractivity contribution >= 4 is 0 Å². The van der Waals surface area contributed by atoms with E-state index in [0.717, 1.165) is 39.4 Å². The first-order valence-corrected chi connectivity index (χ1v) is 9.11. The van der Waals surface area contributed by atoms with E-state index in [-0.39, 0.29) is 0 Å². The number of ether oxygens (including phenoxy) is 2. The molecule has 0 radical (unpaired) electrons. The van der Waals surface area contributed by atoms with E-state index in [4.69, 9.17) is 9.47 Å². The van der Waals surface area contributed by atoms with Crippen LogP contribution in [-0.2, 0) is 9.47 Å². The zero-order valence-electron chi connectivity index (χ0n) is 16.3. The molecule has 4 heteroatoms. The first-order valence-electron chi connectivity index (χ1n) is 9.11. The minimum Gasteiger partial charge on any atom is -0.379 e. The monoisotopic (exact) mass is 316 g/mol. The summed E-state index contributed by atoms with van der Waals surface area (Å²) >= 11 is 0. The van der Waals surface area contributed by atoms with Gasteiger partial charge in [0.25, 0.3) is 0 Å². The van der Waals surface area contributed by atoms with Gasteiger partial charge < -0.3 is 9.47 Å². The molecule has 134 valence electrons. The Balaban J connectivity index is 0.000000366. The van der Waals surface area contributed by atoms with E-state index in [9.17, 15) is 0 Å². The Morgan fingerprint density at radius 1 is 0.773 bits per heavy atom. The number of hydrogen-bond acceptors (Lipinski definition) is 4. The topological polar surface area (TPSA) is 24.9 Å². The predicted octanol–water partition coefficient (Wildman–Crippen LogP) is 3.26. The molecule has 2 rings (SSSR count). The Labute approximate surface area is 139 Å². The van der Waals surface area contributed by atoms with Crippen molar-refractivity contribution in [1.29, 1.82) is 0 Å². The van der Waals surface area contributed by atoms with Gasteiger partial charge in [0.2, 0.25) is 0 Å². The minimum absolute atomic E-state index is 0.404. The van der Waals surface area contributed by atoms with E-state index in [1.165, 1.54) is 0 Å². The van der Waals surface area contributed by atoms with Gasteiger partial charge >= 0.3 is 0 Å². The molecule has 0 amide bonds. The van der Waals surface area contributed by atoms with Crippen molar-refractivity contribution in [3.63, 3.8) is 0 Å². The molecule has 2 fully saturated rings. The van der Waals surface area contributed by atoms with Crippen molar-refractivity contribution in [2.24, 2.45) is 0 Å². The summed E-state index contributed by atoms with van der Waals surface area (Å²) < 4.78 is 10.8. The molecule has 0 unspecified atom stereocenters. The molecule has 2 saturated heterocycles. The van der Waals surface area contributed by atoms with Crippen LogP contribution in [0.4, 0.5) is 0 Å². The summed E-state index contributed by atoms with van der Waals surface area (Å²) in [6.07, 6.45) is 0.808. The molecule has 22 heavy (non-hydrogen) atoms. The van der Waals surface area contributed by atoms with E-state index < -0.39 is 0 Å². The van der Waals surface area contributed by atoms with Crippen LogP contribution in [0.25, 0.3) is 0 Å². The predicted molar refractivity (Wildman–Crippen MR) is 95.6 cm³/mol. The fourth-order valence-corrected chi connectivity index (χ4v) is 2.73. The van der Waals surface area contributed by atoms with Crippen molar-refractivity contribution in [1.82, 2.24) is 9.80 Å². The van der Waals surface area contributed by atoms with Crippen molar-refractivity contribution in [3.05, 3.63) is 0 Å². The fraction of sp³-hybridized carbons (Fsp3) is 1.00. The Hall–Kier alpha value is -0.160. The van der Waals surface area contributed by atoms with Crippen LogP contribution in [-0.4, -0.2) is 73.5 Å². The summed E-state index contributed by atoms with van der Waals surface area (Å²) in [7, 11) is 0. The van der Waals surface area contributed by atoms with Crippen molar-refractivity contribution in [3.8, 4) is 0 Å². The van der Waals surface area contributed by atoms with Crippen LogP contribution in [0.2, 0.25) is 0 Å². The quantitative estimate of drug-likeness (QED) is 0.781. The molecule has 2 aliphatic heterocycles. The molecular weight excluding hydrogens is 276 g/mol. The van der Waals surface area contributed by atoms with Gasteiger partial charge in [-0.1, -0.05) is 13.8 Å². The molecule has 4 nitrogen and oxygen atoms in total. The standard InChI is InChI=1S/C9H19NO.C7H15NO.C2H6/c1-7(2)10-5-8(3)11-9(4)6-10;1-7(2)8-3-5-9-6-4-8;1-2/h7-9H,5-6H2,1-4H3;7H,3-6H2,1-2H3;1-2H3/t8-,9+;;. The minimum atomic E-state index is 0.404. The summed E-state index contributed by atoms with van der Waals surface area (Å²) in [6, 6.07) is 1.35. The molecule has 0 aliphatic carbocycles. The SMILES string of the molecule is CC.CC(C)N1CCOCC1.CC(C)N1C[C@@H](C)O[C@@H](C)C1. The van der Waals surface area contributed by atoms with Gasteiger partial charge in [0.15, 0.2) is 0 Å². The van der Waals surface area contributed by atoms with Gasteiger partial charge in [-0.15, -0.1) is 0 Å². The number of nitrogens with zero attached hydrogens (tertiary/aromatic N) is 2. The van der Waals surface area contributed by atoms with Crippen LogP contribution in [0.5, 0.6) is 0 Å². The maximum Gasteiger partial charge on any atom is 0.0678 e. The summed E-state index contributed by atoms with van der Waals surface area (Å²) in [5, 5.41) is 0. The second-order valence-electron chi connectivity index (χ2n) is 6.55. The smallest absolute Gasteiger partial charge is 0.0678 e. The molecule has 0 N–H and O–H groups in total. The van der Waals surface area contributed by atoms with E-state index in [1.807, 2.05) is 13.8 Å². The zero-order valence-corrected chi connectivity index (χ0v) is 16.3. The average Bonchev–Trinajstić information content (AvgIpc) is 2.50. The third-order valence-electron chi connectivity index (χ3n) is 3.95. The third-order valence-corrected chi connectivity index (χ3v) is 3.95. The molecule has 0 spiro atoms. The Morgan fingerprint density at radius 2 is 1.18 bits per heavy atom. The average molecular weight is 317 g/mol. The first kappa shape index (κ1) is 21.8. The summed E-state index contributed by atoms with van der Waals surface area (Å²) in [4.78, 5) is 4.91. The second kappa shape index (κ2) is 12.3. The zero-order chi connectivity index (χ0) is 17.1. The Bertz CT molecular complexity index is 243. The number of morpholine rings is 2. The third kappa shape index (κ3) is 9.09. The van der Waals surface area contributed by atoms with Crippen molar-refractivity contribution in [2.45, 2.75) is 79.7 Å². The van der Waals surface area contributed by atoms with Crippen LogP contribution in [0.3, 0.4) is 0 Å². The molecule has 0 aromatic carbocycles. The van der Waals surface area contributed by atoms with Crippen molar-refractivity contribution in [2.75, 3.05) is 39.4 Å². The molecule has 0 aromatic heterocycles. The van der Waals surface area contributed by atoms with Gasteiger partial charge in [-0.2, -0.15) is 0 Å². The largest absolute Gasteiger partial charge is 0.379 e. The first-order chi connectivity index (χ1) is 10.4. The van der Waals surface area contributed by atoms with Crippen LogP contribution in [0.1, 0.15) is 55.4 Å². The van der Waals surface area contributed by atoms with E-state index in [0.29, 0.717) is 24.3 Å². The highest BCUT2D eigenvalue weighted by Crippen LogP contribution is 2.12. The summed E-state index contributed by atoms with van der Waals surface area (Å²) in [5.74, 6) is 0. The van der Waals surface area contributed by atoms with E-state index >= 15 is 0 Å². The van der Waals surface area contributed by atoms with Gasteiger partial charge in [-0.25, -0.2) is 0 Å². The lowest BCUT2D eigenvalue weighted by Gasteiger charge is -2.37. The molecule has 2 atom stereocenters. The summed E-state index contributed by atoms with van der Waals surface area (Å²) in [5.41, 5.74) is 0. The maximum absolute atomic E-state index is 5.62. The molecule has 0 aromatic rings. The van der Waals surface area contributed by atoms with Gasteiger partial charge in [0.05, 0.1) is 25.4 Å². The number of hydrogen-bond donors (Lipinski definition) is 0. The highest BCUT2D eigenvalue weighted by molar-refractivity contribution is 4.75. The molecule has 0 saturated carbocycles. The van der Waals surface area contributed by atoms with Gasteiger partial charge in [0.1, 0.15) is 0 Å². The van der Waals surface area contributed by atoms with E-state index in [2.05, 4.69) is 51.3 Å². The molecule has 2 heterocycles. The maximum atomic E-state index is 5.62. The number of rotatable bonds is 2. The fourth-order valence-electron chi connectivity index (χ4n) is 2.73. The lowest BCUT2D eigenvalue weighted by Crippen LogP contribution is -2.48. The van der Waals surface area contributed by atoms with Crippen LogP contribution >= 0.6 is 0 Å². The molecular formula is C18H40N2O2. The lowest BCUT2D eigenvalue weighted by molar-refractivity contribution is -0.0764.